The summed E-state index contributed by atoms with van der Waals surface area (Å²) in [5, 5.41) is 3.55. The second-order valence-electron chi connectivity index (χ2n) is 6.33. The maximum Gasteiger partial charge on any atom is 0.233 e. The van der Waals surface area contributed by atoms with Crippen molar-refractivity contribution in [3.05, 3.63) is 88.7 Å². The number of nitrogens with zero attached hydrogens (tertiary/aromatic N) is 1. The molecular formula is C21H17ClN2O2. The minimum atomic E-state index is -0.261. The first-order valence-electron chi connectivity index (χ1n) is 8.49. The number of ketones is 1. The van der Waals surface area contributed by atoms with Crippen LogP contribution in [0.3, 0.4) is 0 Å². The van der Waals surface area contributed by atoms with E-state index in [2.05, 4.69) is 5.32 Å². The lowest BCUT2D eigenvalue weighted by molar-refractivity contribution is -0.117. The molecular weight excluding hydrogens is 348 g/mol. The average molecular weight is 365 g/mol. The van der Waals surface area contributed by atoms with E-state index < -0.39 is 0 Å². The summed E-state index contributed by atoms with van der Waals surface area (Å²) in [6.07, 6.45) is 0.685. The van der Waals surface area contributed by atoms with Crippen LogP contribution in [0.2, 0.25) is 5.02 Å². The van der Waals surface area contributed by atoms with Crippen LogP contribution in [0.1, 0.15) is 34.1 Å². The Morgan fingerprint density at radius 3 is 2.42 bits per heavy atom. The molecule has 5 heteroatoms. The molecule has 1 aliphatic rings. The average Bonchev–Trinajstić information content (AvgIpc) is 3.26. The number of hydrogen-bond acceptors (Lipinski definition) is 2. The first-order chi connectivity index (χ1) is 12.6. The molecule has 26 heavy (non-hydrogen) atoms. The topological polar surface area (TPSA) is 51.1 Å². The molecule has 3 aromatic rings. The van der Waals surface area contributed by atoms with Crippen LogP contribution < -0.4 is 5.32 Å². The van der Waals surface area contributed by atoms with Gasteiger partial charge in [-0.1, -0.05) is 41.9 Å². The third-order valence-electron chi connectivity index (χ3n) is 4.71. The van der Waals surface area contributed by atoms with Gasteiger partial charge in [0.15, 0.2) is 0 Å². The Bertz CT molecular complexity index is 961. The van der Waals surface area contributed by atoms with E-state index in [0.29, 0.717) is 34.9 Å². The van der Waals surface area contributed by atoms with E-state index in [0.717, 1.165) is 5.69 Å². The summed E-state index contributed by atoms with van der Waals surface area (Å²) in [7, 11) is 0. The number of halogens is 1. The third-order valence-corrected chi connectivity index (χ3v) is 4.96. The fourth-order valence-electron chi connectivity index (χ4n) is 3.41. The van der Waals surface area contributed by atoms with E-state index in [9.17, 15) is 9.59 Å². The minimum absolute atomic E-state index is 0.0180. The van der Waals surface area contributed by atoms with Crippen molar-refractivity contribution < 1.29 is 9.59 Å². The van der Waals surface area contributed by atoms with Crippen molar-refractivity contribution in [2.24, 2.45) is 0 Å². The summed E-state index contributed by atoms with van der Waals surface area (Å²) >= 11 is 5.88. The van der Waals surface area contributed by atoms with Crippen LogP contribution in [0, 0.1) is 0 Å². The van der Waals surface area contributed by atoms with Crippen LogP contribution in [-0.2, 0) is 11.3 Å². The van der Waals surface area contributed by atoms with Crippen LogP contribution in [0.5, 0.6) is 0 Å². The number of anilines is 1. The van der Waals surface area contributed by atoms with Gasteiger partial charge in [0.2, 0.25) is 11.7 Å². The molecule has 0 aliphatic carbocycles. The number of aromatic nitrogens is 1. The number of rotatable bonds is 4. The number of carbonyl (C=O) groups is 2. The van der Waals surface area contributed by atoms with Crippen molar-refractivity contribution in [1.29, 1.82) is 0 Å². The Morgan fingerprint density at radius 1 is 0.962 bits per heavy atom. The standard InChI is InChI=1S/C21H17ClN2O2/c22-15-6-8-16(9-7-15)23-21(26)17-12-13-24-18(17)10-11-19(24)20(25)14-4-2-1-3-5-14/h1-11,17H,12-13H2,(H,23,26)/t17-/m1/s1. The smallest absolute Gasteiger partial charge is 0.233 e. The molecule has 0 radical (unpaired) electrons. The number of benzene rings is 2. The lowest BCUT2D eigenvalue weighted by atomic mass is 10.0. The van der Waals surface area contributed by atoms with Crippen LogP contribution in [-0.4, -0.2) is 16.3 Å². The second kappa shape index (κ2) is 6.81. The fourth-order valence-corrected chi connectivity index (χ4v) is 3.53. The molecule has 1 N–H and O–H groups in total. The third kappa shape index (κ3) is 3.04. The Kier molecular flexibility index (Phi) is 4.35. The van der Waals surface area contributed by atoms with E-state index in [1.807, 2.05) is 47.0 Å². The molecule has 4 nitrogen and oxygen atoms in total. The molecule has 0 unspecified atom stereocenters. The number of amides is 1. The normalized spacial score (nSPS) is 15.5. The van der Waals surface area contributed by atoms with Crippen molar-refractivity contribution >= 4 is 29.0 Å². The van der Waals surface area contributed by atoms with Gasteiger partial charge >= 0.3 is 0 Å². The second-order valence-corrected chi connectivity index (χ2v) is 6.76. The van der Waals surface area contributed by atoms with Crippen molar-refractivity contribution in [3.63, 3.8) is 0 Å². The summed E-state index contributed by atoms with van der Waals surface area (Å²) in [4.78, 5) is 25.4. The monoisotopic (exact) mass is 364 g/mol. The van der Waals surface area contributed by atoms with E-state index in [4.69, 9.17) is 11.6 Å². The number of nitrogens with one attached hydrogen (secondary N) is 1. The minimum Gasteiger partial charge on any atom is -0.341 e. The number of fused-ring (bicyclic) bond motifs is 1. The van der Waals surface area contributed by atoms with Gasteiger partial charge in [-0.15, -0.1) is 0 Å². The first kappa shape index (κ1) is 16.6. The van der Waals surface area contributed by atoms with Gasteiger partial charge in [-0.3, -0.25) is 9.59 Å². The zero-order valence-electron chi connectivity index (χ0n) is 14.0. The van der Waals surface area contributed by atoms with Gasteiger partial charge in [-0.05, 0) is 42.8 Å². The molecule has 0 fully saturated rings. The van der Waals surface area contributed by atoms with Crippen LogP contribution in [0.25, 0.3) is 0 Å². The molecule has 0 bridgehead atoms. The molecule has 2 heterocycles. The Balaban J connectivity index is 1.55. The summed E-state index contributed by atoms with van der Waals surface area (Å²) < 4.78 is 1.96. The van der Waals surface area contributed by atoms with E-state index in [1.165, 1.54) is 0 Å². The number of carbonyl (C=O) groups excluding carboxylic acids is 2. The highest BCUT2D eigenvalue weighted by Gasteiger charge is 2.31. The molecule has 1 atom stereocenters. The molecule has 1 aliphatic heterocycles. The van der Waals surface area contributed by atoms with Gasteiger partial charge < -0.3 is 9.88 Å². The highest BCUT2D eigenvalue weighted by Crippen LogP contribution is 2.32. The molecule has 0 spiro atoms. The molecule has 1 aromatic heterocycles. The molecule has 130 valence electrons. The zero-order valence-corrected chi connectivity index (χ0v) is 14.7. The Labute approximate surface area is 156 Å². The molecule has 0 saturated heterocycles. The Hall–Kier alpha value is -2.85. The van der Waals surface area contributed by atoms with Gasteiger partial charge in [0.05, 0.1) is 11.6 Å². The SMILES string of the molecule is O=C(c1ccccc1)c1ccc2n1CC[C@H]2C(=O)Nc1ccc(Cl)cc1. The van der Waals surface area contributed by atoms with Crippen LogP contribution >= 0.6 is 11.6 Å². The van der Waals surface area contributed by atoms with Gasteiger partial charge in [0.1, 0.15) is 0 Å². The van der Waals surface area contributed by atoms with E-state index >= 15 is 0 Å². The van der Waals surface area contributed by atoms with Gasteiger partial charge in [-0.2, -0.15) is 0 Å². The summed E-state index contributed by atoms with van der Waals surface area (Å²) in [6, 6.07) is 19.9. The quantitative estimate of drug-likeness (QED) is 0.693. The summed E-state index contributed by atoms with van der Waals surface area (Å²) in [5.74, 6) is -0.346. The maximum absolute atomic E-state index is 12.7. The van der Waals surface area contributed by atoms with Crippen LogP contribution in [0.4, 0.5) is 5.69 Å². The van der Waals surface area contributed by atoms with Crippen molar-refractivity contribution in [1.82, 2.24) is 4.57 Å². The van der Waals surface area contributed by atoms with Crippen molar-refractivity contribution in [3.8, 4) is 0 Å². The molecule has 4 rings (SSSR count). The highest BCUT2D eigenvalue weighted by atomic mass is 35.5. The van der Waals surface area contributed by atoms with Crippen LogP contribution in [0.15, 0.2) is 66.7 Å². The van der Waals surface area contributed by atoms with Crippen molar-refractivity contribution in [2.45, 2.75) is 18.9 Å². The summed E-state index contributed by atoms with van der Waals surface area (Å²) in [6.45, 7) is 0.662. The lowest BCUT2D eigenvalue weighted by Crippen LogP contribution is -2.19. The van der Waals surface area contributed by atoms with E-state index in [1.54, 1.807) is 24.3 Å². The van der Waals surface area contributed by atoms with Crippen molar-refractivity contribution in [2.75, 3.05) is 5.32 Å². The maximum atomic E-state index is 12.7. The van der Waals surface area contributed by atoms with Gasteiger partial charge in [0.25, 0.3) is 0 Å². The lowest BCUT2D eigenvalue weighted by Gasteiger charge is -2.11. The van der Waals surface area contributed by atoms with E-state index in [-0.39, 0.29) is 17.6 Å². The fraction of sp³-hybridized carbons (Fsp3) is 0.143. The van der Waals surface area contributed by atoms with Gasteiger partial charge in [0, 0.05) is 28.5 Å². The molecule has 2 aromatic carbocycles. The number of hydrogen-bond donors (Lipinski definition) is 1. The zero-order chi connectivity index (χ0) is 18.1. The molecule has 0 saturated carbocycles. The molecule has 1 amide bonds. The predicted molar refractivity (Wildman–Crippen MR) is 102 cm³/mol. The Morgan fingerprint density at radius 2 is 1.69 bits per heavy atom. The highest BCUT2D eigenvalue weighted by molar-refractivity contribution is 6.30. The summed E-state index contributed by atoms with van der Waals surface area (Å²) in [5.41, 5.74) is 2.89. The first-order valence-corrected chi connectivity index (χ1v) is 8.87. The predicted octanol–water partition coefficient (Wildman–Crippen LogP) is 4.50. The largest absolute Gasteiger partial charge is 0.341 e. The van der Waals surface area contributed by atoms with Gasteiger partial charge in [-0.25, -0.2) is 0 Å².